The van der Waals surface area contributed by atoms with E-state index < -0.39 is 0 Å². The molecular formula is C23H23NO4S. The summed E-state index contributed by atoms with van der Waals surface area (Å²) in [6, 6.07) is 15.6. The molecule has 1 aliphatic heterocycles. The van der Waals surface area contributed by atoms with Crippen molar-refractivity contribution in [2.75, 3.05) is 27.9 Å². The van der Waals surface area contributed by atoms with Crippen molar-refractivity contribution < 1.29 is 19.0 Å². The van der Waals surface area contributed by atoms with E-state index in [1.54, 1.807) is 44.8 Å². The van der Waals surface area contributed by atoms with Crippen LogP contribution < -0.4 is 14.2 Å². The lowest BCUT2D eigenvalue weighted by atomic mass is 9.92. The number of carbonyl (C=O) groups excluding carboxylic acids is 1. The first-order valence-electron chi connectivity index (χ1n) is 9.40. The first-order valence-corrected chi connectivity index (χ1v) is 10.3. The van der Waals surface area contributed by atoms with Gasteiger partial charge >= 0.3 is 0 Å². The van der Waals surface area contributed by atoms with E-state index in [9.17, 15) is 4.79 Å². The molecule has 2 aromatic carbocycles. The molecule has 29 heavy (non-hydrogen) atoms. The molecule has 1 aliphatic rings. The summed E-state index contributed by atoms with van der Waals surface area (Å²) < 4.78 is 16.3. The molecule has 1 atom stereocenters. The number of ether oxygens (including phenoxy) is 3. The summed E-state index contributed by atoms with van der Waals surface area (Å²) in [5.41, 5.74) is 2.75. The van der Waals surface area contributed by atoms with Crippen LogP contribution in [0.25, 0.3) is 0 Å². The van der Waals surface area contributed by atoms with Gasteiger partial charge in [0.1, 0.15) is 5.75 Å². The molecule has 2 heterocycles. The predicted molar refractivity (Wildman–Crippen MR) is 113 cm³/mol. The monoisotopic (exact) mass is 409 g/mol. The minimum Gasteiger partial charge on any atom is -0.496 e. The van der Waals surface area contributed by atoms with Crippen LogP contribution >= 0.6 is 11.3 Å². The second-order valence-electron chi connectivity index (χ2n) is 6.77. The maximum atomic E-state index is 13.7. The molecule has 0 radical (unpaired) electrons. The molecule has 6 heteroatoms. The van der Waals surface area contributed by atoms with Gasteiger partial charge in [0.2, 0.25) is 0 Å². The second kappa shape index (κ2) is 8.17. The van der Waals surface area contributed by atoms with Crippen LogP contribution in [0.1, 0.15) is 32.4 Å². The van der Waals surface area contributed by atoms with Gasteiger partial charge in [-0.2, -0.15) is 0 Å². The molecular weight excluding hydrogens is 386 g/mol. The molecule has 3 aromatic rings. The lowest BCUT2D eigenvalue weighted by molar-refractivity contribution is 0.0692. The summed E-state index contributed by atoms with van der Waals surface area (Å²) in [7, 11) is 4.68. The number of hydrogen-bond donors (Lipinski definition) is 0. The molecule has 0 N–H and O–H groups in total. The summed E-state index contributed by atoms with van der Waals surface area (Å²) in [6.45, 7) is 0.642. The molecule has 4 rings (SSSR count). The number of amides is 1. The van der Waals surface area contributed by atoms with Gasteiger partial charge in [-0.25, -0.2) is 0 Å². The van der Waals surface area contributed by atoms with Gasteiger partial charge in [0.15, 0.2) is 11.5 Å². The summed E-state index contributed by atoms with van der Waals surface area (Å²) in [6.07, 6.45) is 0.845. The Hall–Kier alpha value is -2.99. The third kappa shape index (κ3) is 3.44. The van der Waals surface area contributed by atoms with E-state index in [2.05, 4.69) is 23.6 Å². The number of methoxy groups -OCH3 is 3. The van der Waals surface area contributed by atoms with Crippen molar-refractivity contribution in [2.45, 2.75) is 12.5 Å². The number of carbonyl (C=O) groups is 1. The normalized spacial score (nSPS) is 15.6. The Bertz CT molecular complexity index is 1010. The van der Waals surface area contributed by atoms with Crippen LogP contribution in [0.2, 0.25) is 0 Å². The van der Waals surface area contributed by atoms with E-state index in [1.165, 1.54) is 10.4 Å². The highest BCUT2D eigenvalue weighted by atomic mass is 32.1. The van der Waals surface area contributed by atoms with E-state index in [-0.39, 0.29) is 11.9 Å². The second-order valence-corrected chi connectivity index (χ2v) is 7.77. The molecule has 1 amide bonds. The fraction of sp³-hybridized carbons (Fsp3) is 0.261. The first-order chi connectivity index (χ1) is 14.2. The average molecular weight is 410 g/mol. The van der Waals surface area contributed by atoms with Gasteiger partial charge in [-0.3, -0.25) is 4.79 Å². The number of benzene rings is 2. The van der Waals surface area contributed by atoms with Gasteiger partial charge in [-0.15, -0.1) is 11.3 Å². The molecule has 0 fully saturated rings. The van der Waals surface area contributed by atoms with E-state index in [1.807, 2.05) is 23.1 Å². The third-order valence-electron chi connectivity index (χ3n) is 5.28. The number of fused-ring (bicyclic) bond motifs is 1. The Balaban J connectivity index is 1.80. The molecule has 0 saturated heterocycles. The van der Waals surface area contributed by atoms with Gasteiger partial charge in [0, 0.05) is 23.6 Å². The fourth-order valence-corrected chi connectivity index (χ4v) is 4.78. The Labute approximate surface area is 174 Å². The quantitative estimate of drug-likeness (QED) is 0.620. The van der Waals surface area contributed by atoms with Crippen LogP contribution in [0.15, 0.2) is 53.9 Å². The Morgan fingerprint density at radius 1 is 0.966 bits per heavy atom. The van der Waals surface area contributed by atoms with Gasteiger partial charge in [-0.05, 0) is 29.0 Å². The van der Waals surface area contributed by atoms with Gasteiger partial charge in [-0.1, -0.05) is 30.3 Å². The van der Waals surface area contributed by atoms with E-state index in [4.69, 9.17) is 14.2 Å². The summed E-state index contributed by atoms with van der Waals surface area (Å²) in [5.74, 6) is 1.41. The number of thiophene rings is 1. The molecule has 0 unspecified atom stereocenters. The minimum atomic E-state index is -0.128. The van der Waals surface area contributed by atoms with E-state index >= 15 is 0 Å². The largest absolute Gasteiger partial charge is 0.496 e. The molecule has 0 spiro atoms. The highest BCUT2D eigenvalue weighted by Crippen LogP contribution is 2.41. The SMILES string of the molecule is COc1cc(OC)c(C(=O)N2CCc3sccc3[C@H]2c2ccccc2)cc1OC. The summed E-state index contributed by atoms with van der Waals surface area (Å²) >= 11 is 1.75. The van der Waals surface area contributed by atoms with Crippen molar-refractivity contribution in [3.8, 4) is 17.2 Å². The smallest absolute Gasteiger partial charge is 0.258 e. The molecule has 0 bridgehead atoms. The zero-order chi connectivity index (χ0) is 20.4. The van der Waals surface area contributed by atoms with Crippen molar-refractivity contribution in [1.29, 1.82) is 0 Å². The van der Waals surface area contributed by atoms with Crippen molar-refractivity contribution in [1.82, 2.24) is 4.90 Å². The Morgan fingerprint density at radius 3 is 2.34 bits per heavy atom. The number of nitrogens with zero attached hydrogens (tertiary/aromatic N) is 1. The molecule has 1 aromatic heterocycles. The van der Waals surface area contributed by atoms with Crippen molar-refractivity contribution in [3.05, 3.63) is 75.5 Å². The fourth-order valence-electron chi connectivity index (χ4n) is 3.88. The maximum absolute atomic E-state index is 13.7. The minimum absolute atomic E-state index is 0.0893. The lowest BCUT2D eigenvalue weighted by Gasteiger charge is -2.36. The van der Waals surface area contributed by atoms with E-state index in [0.717, 1.165) is 12.0 Å². The third-order valence-corrected chi connectivity index (χ3v) is 6.27. The molecule has 150 valence electrons. The zero-order valence-corrected chi connectivity index (χ0v) is 17.5. The Morgan fingerprint density at radius 2 is 1.66 bits per heavy atom. The molecule has 5 nitrogen and oxygen atoms in total. The van der Waals surface area contributed by atoms with Crippen LogP contribution in [0.3, 0.4) is 0 Å². The van der Waals surface area contributed by atoms with Gasteiger partial charge in [0.05, 0.1) is 32.9 Å². The van der Waals surface area contributed by atoms with Crippen molar-refractivity contribution in [3.63, 3.8) is 0 Å². The van der Waals surface area contributed by atoms with Crippen molar-refractivity contribution >= 4 is 17.2 Å². The van der Waals surface area contributed by atoms with Crippen LogP contribution in [-0.4, -0.2) is 38.7 Å². The van der Waals surface area contributed by atoms with Crippen molar-refractivity contribution in [2.24, 2.45) is 0 Å². The topological polar surface area (TPSA) is 48.0 Å². The van der Waals surface area contributed by atoms with Crippen LogP contribution in [0, 0.1) is 0 Å². The maximum Gasteiger partial charge on any atom is 0.258 e. The summed E-state index contributed by atoms with van der Waals surface area (Å²) in [4.78, 5) is 17.0. The lowest BCUT2D eigenvalue weighted by Crippen LogP contribution is -2.40. The first kappa shape index (κ1) is 19.3. The Kier molecular flexibility index (Phi) is 5.45. The molecule has 0 saturated carbocycles. The van der Waals surface area contributed by atoms with E-state index in [0.29, 0.717) is 29.4 Å². The number of hydrogen-bond acceptors (Lipinski definition) is 5. The zero-order valence-electron chi connectivity index (χ0n) is 16.7. The van der Waals surface area contributed by atoms with Crippen LogP contribution in [0.4, 0.5) is 0 Å². The number of rotatable bonds is 5. The highest BCUT2D eigenvalue weighted by molar-refractivity contribution is 7.10. The predicted octanol–water partition coefficient (Wildman–Crippen LogP) is 4.56. The van der Waals surface area contributed by atoms with Crippen LogP contribution in [0.5, 0.6) is 17.2 Å². The van der Waals surface area contributed by atoms with Gasteiger partial charge < -0.3 is 19.1 Å². The van der Waals surface area contributed by atoms with Crippen LogP contribution in [-0.2, 0) is 6.42 Å². The average Bonchev–Trinajstić information content (AvgIpc) is 3.26. The summed E-state index contributed by atoms with van der Waals surface area (Å²) in [5, 5.41) is 2.10. The standard InChI is InChI=1S/C23H23NO4S/c1-26-18-14-20(28-3)19(27-2)13-17(18)23(25)24-11-9-21-16(10-12-29-21)22(24)15-7-5-4-6-8-15/h4-8,10,12-14,22H,9,11H2,1-3H3/t22-/m1/s1. The molecule has 0 aliphatic carbocycles. The van der Waals surface area contributed by atoms with Gasteiger partial charge in [0.25, 0.3) is 5.91 Å². The highest BCUT2D eigenvalue weighted by Gasteiger charge is 2.34.